The van der Waals surface area contributed by atoms with Gasteiger partial charge in [0.2, 0.25) is 15.9 Å². The summed E-state index contributed by atoms with van der Waals surface area (Å²) in [6.45, 7) is 9.82. The molecule has 2 amide bonds. The van der Waals surface area contributed by atoms with Gasteiger partial charge in [-0.2, -0.15) is 4.31 Å². The van der Waals surface area contributed by atoms with E-state index in [9.17, 15) is 18.0 Å². The van der Waals surface area contributed by atoms with Gasteiger partial charge < -0.3 is 10.6 Å². The van der Waals surface area contributed by atoms with Crippen LogP contribution in [0.4, 0.5) is 5.69 Å². The number of sulfonamides is 1. The van der Waals surface area contributed by atoms with Crippen molar-refractivity contribution in [2.75, 3.05) is 18.4 Å². The lowest BCUT2D eigenvalue weighted by molar-refractivity contribution is -0.118. The maximum Gasteiger partial charge on any atom is 0.251 e. The molecule has 2 N–H and O–H groups in total. The van der Waals surface area contributed by atoms with E-state index in [-0.39, 0.29) is 22.3 Å². The third kappa shape index (κ3) is 6.15. The quantitative estimate of drug-likeness (QED) is 0.618. The molecule has 0 aromatic heterocycles. The Morgan fingerprint density at radius 3 is 2.16 bits per heavy atom. The molecule has 168 valence electrons. The van der Waals surface area contributed by atoms with Crippen molar-refractivity contribution < 1.29 is 18.0 Å². The van der Waals surface area contributed by atoms with Gasteiger partial charge in [-0.05, 0) is 43.2 Å². The Bertz CT molecular complexity index is 1010. The summed E-state index contributed by atoms with van der Waals surface area (Å²) < 4.78 is 26.9. The number of carbonyl (C=O) groups excluding carboxylic acids is 2. The lowest BCUT2D eigenvalue weighted by Crippen LogP contribution is -2.47. The molecule has 0 radical (unpaired) electrons. The molecule has 0 heterocycles. The number of nitrogens with one attached hydrogen (secondary N) is 2. The number of hydrogen-bond acceptors (Lipinski definition) is 4. The zero-order valence-corrected chi connectivity index (χ0v) is 19.5. The lowest BCUT2D eigenvalue weighted by atomic mass is 10.0. The standard InChI is InChI=1S/C23H31N3O4S/c1-6-26(7-2)31(29,30)20-10-8-9-18(15-20)22(27)25-21(16(3)4)23(28)24-19-13-11-17(5)12-14-19/h8-16,21H,6-7H2,1-5H3,(H,24,28)(H,25,27)/t21-/m1/s1. The maximum absolute atomic E-state index is 12.8. The van der Waals surface area contributed by atoms with Gasteiger partial charge in [0.1, 0.15) is 6.04 Å². The number of hydrogen-bond donors (Lipinski definition) is 2. The molecule has 0 unspecified atom stereocenters. The summed E-state index contributed by atoms with van der Waals surface area (Å²) in [5.74, 6) is -1.01. The third-order valence-corrected chi connectivity index (χ3v) is 7.04. The van der Waals surface area contributed by atoms with Crippen LogP contribution in [0.3, 0.4) is 0 Å². The van der Waals surface area contributed by atoms with E-state index in [0.29, 0.717) is 18.8 Å². The van der Waals surface area contributed by atoms with Gasteiger partial charge in [-0.25, -0.2) is 8.42 Å². The van der Waals surface area contributed by atoms with E-state index in [4.69, 9.17) is 0 Å². The summed E-state index contributed by atoms with van der Waals surface area (Å²) in [5.41, 5.74) is 1.90. The fourth-order valence-electron chi connectivity index (χ4n) is 3.13. The van der Waals surface area contributed by atoms with E-state index in [1.54, 1.807) is 26.0 Å². The molecule has 1 atom stereocenters. The van der Waals surface area contributed by atoms with Crippen LogP contribution in [0.15, 0.2) is 53.4 Å². The molecule has 0 spiro atoms. The molecule has 7 nitrogen and oxygen atoms in total. The summed E-state index contributed by atoms with van der Waals surface area (Å²) in [7, 11) is -3.69. The zero-order chi connectivity index (χ0) is 23.2. The van der Waals surface area contributed by atoms with Crippen LogP contribution in [0.2, 0.25) is 0 Å². The van der Waals surface area contributed by atoms with Gasteiger partial charge in [-0.15, -0.1) is 0 Å². The largest absolute Gasteiger partial charge is 0.340 e. The first-order valence-corrected chi connectivity index (χ1v) is 11.8. The number of aryl methyl sites for hydroxylation is 1. The smallest absolute Gasteiger partial charge is 0.251 e. The van der Waals surface area contributed by atoms with Gasteiger partial charge in [0, 0.05) is 24.3 Å². The second-order valence-corrected chi connectivity index (χ2v) is 9.61. The highest BCUT2D eigenvalue weighted by atomic mass is 32.2. The van der Waals surface area contributed by atoms with Crippen molar-refractivity contribution in [1.82, 2.24) is 9.62 Å². The van der Waals surface area contributed by atoms with E-state index < -0.39 is 22.0 Å². The van der Waals surface area contributed by atoms with Crippen molar-refractivity contribution in [2.24, 2.45) is 5.92 Å². The SMILES string of the molecule is CCN(CC)S(=O)(=O)c1cccc(C(=O)N[C@@H](C(=O)Nc2ccc(C)cc2)C(C)C)c1. The Morgan fingerprint density at radius 2 is 1.61 bits per heavy atom. The molecule has 0 aliphatic rings. The molecule has 2 aromatic rings. The van der Waals surface area contributed by atoms with Crippen LogP contribution in [0, 0.1) is 12.8 Å². The van der Waals surface area contributed by atoms with Crippen molar-refractivity contribution in [2.45, 2.75) is 45.6 Å². The fourth-order valence-corrected chi connectivity index (χ4v) is 4.63. The van der Waals surface area contributed by atoms with Crippen molar-refractivity contribution >= 4 is 27.5 Å². The predicted molar refractivity (Wildman–Crippen MR) is 122 cm³/mol. The van der Waals surface area contributed by atoms with Crippen LogP contribution in [0.25, 0.3) is 0 Å². The molecule has 0 aliphatic carbocycles. The zero-order valence-electron chi connectivity index (χ0n) is 18.7. The minimum atomic E-state index is -3.69. The molecule has 2 aromatic carbocycles. The Hall–Kier alpha value is -2.71. The number of rotatable bonds is 9. The van der Waals surface area contributed by atoms with Gasteiger partial charge in [0.05, 0.1) is 4.90 Å². The Kier molecular flexibility index (Phi) is 8.36. The second kappa shape index (κ2) is 10.5. The summed E-state index contributed by atoms with van der Waals surface area (Å²) >= 11 is 0. The maximum atomic E-state index is 12.8. The Balaban J connectivity index is 2.21. The number of nitrogens with zero attached hydrogens (tertiary/aromatic N) is 1. The lowest BCUT2D eigenvalue weighted by Gasteiger charge is -2.22. The number of benzene rings is 2. The molecule has 31 heavy (non-hydrogen) atoms. The summed E-state index contributed by atoms with van der Waals surface area (Å²) in [6, 6.07) is 12.5. The highest BCUT2D eigenvalue weighted by Gasteiger charge is 2.26. The van der Waals surface area contributed by atoms with Crippen LogP contribution < -0.4 is 10.6 Å². The summed E-state index contributed by atoms with van der Waals surface area (Å²) in [5, 5.41) is 5.56. The highest BCUT2D eigenvalue weighted by Crippen LogP contribution is 2.18. The topological polar surface area (TPSA) is 95.6 Å². The van der Waals surface area contributed by atoms with E-state index in [1.165, 1.54) is 28.6 Å². The van der Waals surface area contributed by atoms with Gasteiger partial charge in [-0.3, -0.25) is 9.59 Å². The van der Waals surface area contributed by atoms with Crippen molar-refractivity contribution in [3.05, 3.63) is 59.7 Å². The van der Waals surface area contributed by atoms with Crippen molar-refractivity contribution in [3.8, 4) is 0 Å². The van der Waals surface area contributed by atoms with Crippen LogP contribution in [0.1, 0.15) is 43.6 Å². The van der Waals surface area contributed by atoms with Crippen LogP contribution in [-0.2, 0) is 14.8 Å². The average molecular weight is 446 g/mol. The minimum Gasteiger partial charge on any atom is -0.340 e. The van der Waals surface area contributed by atoms with Gasteiger partial charge in [0.15, 0.2) is 0 Å². The van der Waals surface area contributed by atoms with E-state index >= 15 is 0 Å². The van der Waals surface area contributed by atoms with E-state index in [0.717, 1.165) is 5.56 Å². The monoisotopic (exact) mass is 445 g/mol. The minimum absolute atomic E-state index is 0.0500. The van der Waals surface area contributed by atoms with Crippen molar-refractivity contribution in [1.29, 1.82) is 0 Å². The van der Waals surface area contributed by atoms with E-state index in [1.807, 2.05) is 32.9 Å². The molecule has 0 fully saturated rings. The first-order chi connectivity index (χ1) is 14.6. The molecular weight excluding hydrogens is 414 g/mol. The molecule has 8 heteroatoms. The first-order valence-electron chi connectivity index (χ1n) is 10.4. The van der Waals surface area contributed by atoms with Crippen LogP contribution in [0.5, 0.6) is 0 Å². The molecule has 0 saturated heterocycles. The van der Waals surface area contributed by atoms with Gasteiger partial charge in [0.25, 0.3) is 5.91 Å². The fraction of sp³-hybridized carbons (Fsp3) is 0.391. The van der Waals surface area contributed by atoms with E-state index in [2.05, 4.69) is 10.6 Å². The van der Waals surface area contributed by atoms with Gasteiger partial charge >= 0.3 is 0 Å². The molecular formula is C23H31N3O4S. The average Bonchev–Trinajstić information content (AvgIpc) is 2.74. The molecule has 0 saturated carbocycles. The Labute approximate surface area is 184 Å². The highest BCUT2D eigenvalue weighted by molar-refractivity contribution is 7.89. The molecule has 2 rings (SSSR count). The third-order valence-electron chi connectivity index (χ3n) is 4.99. The van der Waals surface area contributed by atoms with Gasteiger partial charge in [-0.1, -0.05) is 51.5 Å². The summed E-state index contributed by atoms with van der Waals surface area (Å²) in [4.78, 5) is 25.7. The number of anilines is 1. The Morgan fingerprint density at radius 1 is 1.00 bits per heavy atom. The molecule has 0 aliphatic heterocycles. The predicted octanol–water partition coefficient (Wildman–Crippen LogP) is 3.42. The van der Waals surface area contributed by atoms with Crippen molar-refractivity contribution in [3.63, 3.8) is 0 Å². The molecule has 0 bridgehead atoms. The van der Waals surface area contributed by atoms with Crippen LogP contribution in [-0.4, -0.2) is 43.7 Å². The number of amides is 2. The second-order valence-electron chi connectivity index (χ2n) is 7.67. The number of carbonyl (C=O) groups is 2. The summed E-state index contributed by atoms with van der Waals surface area (Å²) in [6.07, 6.45) is 0. The normalized spacial score (nSPS) is 12.6. The first kappa shape index (κ1) is 24.6. The van der Waals surface area contributed by atoms with Crippen LogP contribution >= 0.6 is 0 Å².